The van der Waals surface area contributed by atoms with Gasteiger partial charge in [0.15, 0.2) is 0 Å². The van der Waals surface area contributed by atoms with Gasteiger partial charge in [-0.15, -0.1) is 0 Å². The molecule has 0 radical (unpaired) electrons. The van der Waals surface area contributed by atoms with Crippen LogP contribution < -0.4 is 0 Å². The predicted octanol–water partition coefficient (Wildman–Crippen LogP) is 3.24. The molecule has 1 aliphatic rings. The fourth-order valence-electron chi connectivity index (χ4n) is 1.54. The zero-order valence-electron chi connectivity index (χ0n) is 8.56. The molecule has 0 fully saturated rings. The van der Waals surface area contributed by atoms with Crippen LogP contribution in [0.4, 0.5) is 0 Å². The van der Waals surface area contributed by atoms with Gasteiger partial charge in [0.2, 0.25) is 0 Å². The van der Waals surface area contributed by atoms with E-state index in [1.807, 2.05) is 0 Å². The molecule has 5 heteroatoms. The van der Waals surface area contributed by atoms with Crippen molar-refractivity contribution in [3.63, 3.8) is 0 Å². The molecule has 0 aromatic rings. The first kappa shape index (κ1) is 14.3. The number of hydrogen-bond donors (Lipinski definition) is 5. The van der Waals surface area contributed by atoms with Crippen LogP contribution in [0.2, 0.25) is 0 Å². The van der Waals surface area contributed by atoms with Crippen LogP contribution in [0.1, 0.15) is 6.92 Å². The van der Waals surface area contributed by atoms with Crippen LogP contribution in [0.5, 0.6) is 0 Å². The minimum absolute atomic E-state index is 0.237. The molecule has 1 aliphatic heterocycles. The van der Waals surface area contributed by atoms with Crippen molar-refractivity contribution in [2.45, 2.75) is 27.9 Å². The molecule has 0 amide bonds. The average molecular weight is 299 g/mol. The molecular formula is C10H18S5. The van der Waals surface area contributed by atoms with Crippen LogP contribution >= 0.6 is 61.4 Å². The van der Waals surface area contributed by atoms with E-state index in [2.05, 4.69) is 80.4 Å². The maximum atomic E-state index is 4.68. The van der Waals surface area contributed by atoms with Gasteiger partial charge in [-0.05, 0) is 10.8 Å². The smallest absolute Gasteiger partial charge is 0.0249 e. The minimum atomic E-state index is -0.237. The van der Waals surface area contributed by atoms with Gasteiger partial charge in [0, 0.05) is 26.8 Å². The normalized spacial score (nSPS) is 25.3. The van der Waals surface area contributed by atoms with Crippen molar-refractivity contribution in [1.82, 2.24) is 0 Å². The van der Waals surface area contributed by atoms with Crippen molar-refractivity contribution < 1.29 is 0 Å². The lowest BCUT2D eigenvalue weighted by atomic mass is 10.2. The van der Waals surface area contributed by atoms with Gasteiger partial charge in [0.05, 0.1) is 0 Å². The van der Waals surface area contributed by atoms with Gasteiger partial charge in [-0.2, -0.15) is 50.5 Å². The Morgan fingerprint density at radius 2 is 1.67 bits per heavy atom. The number of hydrogen-bond acceptors (Lipinski definition) is 4. The van der Waals surface area contributed by atoms with E-state index in [4.69, 9.17) is 0 Å². The Balaban J connectivity index is 2.77. The van der Waals surface area contributed by atoms with E-state index >= 15 is 0 Å². The van der Waals surface area contributed by atoms with Crippen LogP contribution in [-0.2, 0) is 0 Å². The standard InChI is InChI=1S/C10H18S5/c1-7(12)9(14)10(8(13)6-11)15-4-2-3-5-15/h2-5,7-15H,6H2,1H3. The third-order valence-electron chi connectivity index (χ3n) is 2.40. The van der Waals surface area contributed by atoms with Gasteiger partial charge >= 0.3 is 0 Å². The molecule has 0 saturated carbocycles. The van der Waals surface area contributed by atoms with Crippen LogP contribution in [0.25, 0.3) is 0 Å². The molecule has 0 aliphatic carbocycles. The van der Waals surface area contributed by atoms with E-state index in [9.17, 15) is 0 Å². The van der Waals surface area contributed by atoms with E-state index < -0.39 is 0 Å². The van der Waals surface area contributed by atoms with Gasteiger partial charge in [0.25, 0.3) is 0 Å². The van der Waals surface area contributed by atoms with E-state index in [1.54, 1.807) is 0 Å². The lowest BCUT2D eigenvalue weighted by Crippen LogP contribution is -2.35. The van der Waals surface area contributed by atoms with Crippen LogP contribution in [-0.4, -0.2) is 26.8 Å². The van der Waals surface area contributed by atoms with E-state index in [0.717, 1.165) is 5.75 Å². The first-order valence-corrected chi connectivity index (χ1v) is 8.58. The Kier molecular flexibility index (Phi) is 6.52. The topological polar surface area (TPSA) is 0 Å². The van der Waals surface area contributed by atoms with E-state index in [1.165, 1.54) is 0 Å². The Bertz CT molecular complexity index is 236. The molecular weight excluding hydrogens is 280 g/mol. The third-order valence-corrected chi connectivity index (χ3v) is 7.78. The average Bonchev–Trinajstić information content (AvgIpc) is 2.70. The zero-order valence-corrected chi connectivity index (χ0v) is 13.0. The quantitative estimate of drug-likeness (QED) is 0.473. The SMILES string of the molecule is CC(S)C(S)C(C(S)CS)[SH]1C=CC=C1. The molecule has 15 heavy (non-hydrogen) atoms. The molecule has 4 unspecified atom stereocenters. The highest BCUT2D eigenvalue weighted by Crippen LogP contribution is 2.45. The van der Waals surface area contributed by atoms with Crippen molar-refractivity contribution in [2.24, 2.45) is 0 Å². The predicted molar refractivity (Wildman–Crippen MR) is 88.9 cm³/mol. The summed E-state index contributed by atoms with van der Waals surface area (Å²) in [6.45, 7) is 2.09. The Morgan fingerprint density at radius 1 is 1.13 bits per heavy atom. The van der Waals surface area contributed by atoms with Crippen molar-refractivity contribution in [3.05, 3.63) is 23.0 Å². The second-order valence-electron chi connectivity index (χ2n) is 3.60. The summed E-state index contributed by atoms with van der Waals surface area (Å²) in [5, 5.41) is 5.81. The highest BCUT2D eigenvalue weighted by molar-refractivity contribution is 8.23. The Morgan fingerprint density at radius 3 is 2.07 bits per heavy atom. The van der Waals surface area contributed by atoms with Crippen LogP contribution in [0.3, 0.4) is 0 Å². The fourth-order valence-corrected chi connectivity index (χ4v) is 5.92. The summed E-state index contributed by atoms with van der Waals surface area (Å²) in [7, 11) is -0.237. The minimum Gasteiger partial charge on any atom is -0.208 e. The number of allylic oxidation sites excluding steroid dienone is 2. The molecule has 0 aromatic heterocycles. The summed E-state index contributed by atoms with van der Waals surface area (Å²) < 4.78 is 0. The highest BCUT2D eigenvalue weighted by Gasteiger charge is 2.30. The molecule has 0 saturated heterocycles. The monoisotopic (exact) mass is 298 g/mol. The van der Waals surface area contributed by atoms with Gasteiger partial charge in [-0.1, -0.05) is 19.1 Å². The summed E-state index contributed by atoms with van der Waals surface area (Å²) in [6.07, 6.45) is 4.23. The third kappa shape index (κ3) is 3.87. The summed E-state index contributed by atoms with van der Waals surface area (Å²) in [6, 6.07) is 0. The fraction of sp³-hybridized carbons (Fsp3) is 0.600. The summed E-state index contributed by atoms with van der Waals surface area (Å²) >= 11 is 18.1. The number of rotatable bonds is 5. The largest absolute Gasteiger partial charge is 0.208 e. The highest BCUT2D eigenvalue weighted by atomic mass is 32.2. The van der Waals surface area contributed by atoms with Crippen molar-refractivity contribution in [3.8, 4) is 0 Å². The van der Waals surface area contributed by atoms with Gasteiger partial charge in [-0.3, -0.25) is 0 Å². The summed E-state index contributed by atoms with van der Waals surface area (Å²) in [4.78, 5) is 0. The molecule has 88 valence electrons. The van der Waals surface area contributed by atoms with Crippen LogP contribution in [0.15, 0.2) is 23.0 Å². The van der Waals surface area contributed by atoms with Crippen LogP contribution in [0, 0.1) is 0 Å². The van der Waals surface area contributed by atoms with Gasteiger partial charge in [-0.25, -0.2) is 10.9 Å². The van der Waals surface area contributed by atoms with Gasteiger partial charge in [0.1, 0.15) is 0 Å². The van der Waals surface area contributed by atoms with Crippen molar-refractivity contribution in [2.75, 3.05) is 5.75 Å². The lowest BCUT2D eigenvalue weighted by Gasteiger charge is -2.35. The molecule has 0 N–H and O–H groups in total. The van der Waals surface area contributed by atoms with Crippen molar-refractivity contribution in [1.29, 1.82) is 0 Å². The Labute approximate surface area is 117 Å². The second kappa shape index (κ2) is 6.84. The number of thiol groups is 5. The molecule has 0 spiro atoms. The first-order valence-electron chi connectivity index (χ1n) is 4.85. The molecule has 0 aromatic carbocycles. The molecule has 4 atom stereocenters. The molecule has 0 nitrogen and oxygen atoms in total. The molecule has 1 rings (SSSR count). The Hall–Kier alpha value is 1.23. The second-order valence-corrected chi connectivity index (χ2v) is 8.13. The van der Waals surface area contributed by atoms with Crippen molar-refractivity contribution >= 4 is 61.4 Å². The first-order chi connectivity index (χ1) is 7.07. The lowest BCUT2D eigenvalue weighted by molar-refractivity contribution is 0.775. The zero-order chi connectivity index (χ0) is 11.4. The van der Waals surface area contributed by atoms with Gasteiger partial charge < -0.3 is 0 Å². The summed E-state index contributed by atoms with van der Waals surface area (Å²) in [5.74, 6) is 0.784. The molecule has 1 heterocycles. The maximum absolute atomic E-state index is 4.68. The maximum Gasteiger partial charge on any atom is 0.0249 e. The van der Waals surface area contributed by atoms with E-state index in [-0.39, 0.29) is 26.6 Å². The molecule has 0 bridgehead atoms. The van der Waals surface area contributed by atoms with E-state index in [0.29, 0.717) is 5.25 Å². The summed E-state index contributed by atoms with van der Waals surface area (Å²) in [5.41, 5.74) is 0.